The van der Waals surface area contributed by atoms with E-state index in [9.17, 15) is 4.39 Å². The second-order valence-electron chi connectivity index (χ2n) is 2.07. The van der Waals surface area contributed by atoms with Crippen molar-refractivity contribution in [2.45, 2.75) is 4.43 Å². The molecule has 0 aliphatic heterocycles. The highest BCUT2D eigenvalue weighted by Crippen LogP contribution is 2.21. The van der Waals surface area contributed by atoms with Gasteiger partial charge in [0, 0.05) is 9.99 Å². The lowest BCUT2D eigenvalue weighted by atomic mass is 10.2. The lowest BCUT2D eigenvalue weighted by Gasteiger charge is -2.03. The van der Waals surface area contributed by atoms with E-state index < -0.39 is 0 Å². The summed E-state index contributed by atoms with van der Waals surface area (Å²) in [4.78, 5) is 0. The molecule has 0 aliphatic carbocycles. The predicted molar refractivity (Wildman–Crippen MR) is 50.7 cm³/mol. The zero-order chi connectivity index (χ0) is 8.27. The number of ether oxygens (including phenoxy) is 1. The van der Waals surface area contributed by atoms with Gasteiger partial charge >= 0.3 is 0 Å². The first-order valence-corrected chi connectivity index (χ1v) is 4.69. The number of benzene rings is 1. The van der Waals surface area contributed by atoms with E-state index in [4.69, 9.17) is 4.74 Å². The molecule has 0 fully saturated rings. The molecule has 0 N–H and O–H groups in total. The normalized spacial score (nSPS) is 9.73. The molecule has 0 amide bonds. The van der Waals surface area contributed by atoms with Gasteiger partial charge in [0.25, 0.3) is 0 Å². The fraction of sp³-hybridized carbons (Fsp3) is 0.250. The molecule has 0 bridgehead atoms. The maximum absolute atomic E-state index is 13.1. The van der Waals surface area contributed by atoms with Crippen LogP contribution in [0, 0.1) is 5.82 Å². The lowest BCUT2D eigenvalue weighted by Crippen LogP contribution is -1.91. The Bertz CT molecular complexity index is 228. The van der Waals surface area contributed by atoms with Gasteiger partial charge in [-0.2, -0.15) is 0 Å². The van der Waals surface area contributed by atoms with Crippen LogP contribution in [0.5, 0.6) is 5.75 Å². The largest absolute Gasteiger partial charge is 0.494 e. The third kappa shape index (κ3) is 1.83. The molecular weight excluding hydrogens is 258 g/mol. The second kappa shape index (κ2) is 3.90. The SMILES string of the molecule is COc1cccc(CI)c1F. The van der Waals surface area contributed by atoms with Crippen LogP contribution in [0.25, 0.3) is 0 Å². The van der Waals surface area contributed by atoms with E-state index in [0.29, 0.717) is 15.7 Å². The molecule has 1 aromatic carbocycles. The summed E-state index contributed by atoms with van der Waals surface area (Å²) in [6, 6.07) is 5.16. The number of methoxy groups -OCH3 is 1. The highest BCUT2D eigenvalue weighted by molar-refractivity contribution is 14.1. The van der Waals surface area contributed by atoms with Crippen molar-refractivity contribution in [1.82, 2.24) is 0 Å². The van der Waals surface area contributed by atoms with E-state index in [1.807, 2.05) is 0 Å². The molecule has 0 heterocycles. The molecule has 0 spiro atoms. The molecule has 0 saturated heterocycles. The summed E-state index contributed by atoms with van der Waals surface area (Å²) in [6.45, 7) is 0. The molecule has 1 rings (SSSR count). The summed E-state index contributed by atoms with van der Waals surface area (Å²) >= 11 is 2.12. The Morgan fingerprint density at radius 2 is 2.27 bits per heavy atom. The first-order valence-electron chi connectivity index (χ1n) is 3.17. The van der Waals surface area contributed by atoms with Crippen LogP contribution in [0.2, 0.25) is 0 Å². The van der Waals surface area contributed by atoms with Gasteiger partial charge in [0.15, 0.2) is 11.6 Å². The van der Waals surface area contributed by atoms with Gasteiger partial charge in [0.2, 0.25) is 0 Å². The van der Waals surface area contributed by atoms with E-state index >= 15 is 0 Å². The van der Waals surface area contributed by atoms with Crippen LogP contribution in [-0.4, -0.2) is 7.11 Å². The van der Waals surface area contributed by atoms with Crippen LogP contribution in [0.4, 0.5) is 4.39 Å². The molecule has 11 heavy (non-hydrogen) atoms. The molecule has 0 aliphatic rings. The van der Waals surface area contributed by atoms with Gasteiger partial charge in [-0.1, -0.05) is 34.7 Å². The fourth-order valence-electron chi connectivity index (χ4n) is 0.817. The highest BCUT2D eigenvalue weighted by atomic mass is 127. The van der Waals surface area contributed by atoms with Crippen LogP contribution >= 0.6 is 22.6 Å². The molecule has 1 nitrogen and oxygen atoms in total. The molecule has 0 aromatic heterocycles. The smallest absolute Gasteiger partial charge is 0.169 e. The average molecular weight is 266 g/mol. The van der Waals surface area contributed by atoms with Gasteiger partial charge in [-0.15, -0.1) is 0 Å². The standard InChI is InChI=1S/C8H8FIO/c1-11-7-4-2-3-6(5-10)8(7)9/h2-4H,5H2,1H3. The summed E-state index contributed by atoms with van der Waals surface area (Å²) in [5.41, 5.74) is 0.685. The maximum atomic E-state index is 13.1. The first kappa shape index (κ1) is 8.77. The molecule has 0 unspecified atom stereocenters. The summed E-state index contributed by atoms with van der Waals surface area (Å²) in [5.74, 6) is 0.0727. The van der Waals surface area contributed by atoms with E-state index in [1.165, 1.54) is 7.11 Å². The van der Waals surface area contributed by atoms with Gasteiger partial charge < -0.3 is 4.74 Å². The number of alkyl halides is 1. The van der Waals surface area contributed by atoms with E-state index in [-0.39, 0.29) is 5.82 Å². The molecule has 60 valence electrons. The Morgan fingerprint density at radius 3 is 2.82 bits per heavy atom. The average Bonchev–Trinajstić information content (AvgIpc) is 2.05. The van der Waals surface area contributed by atoms with Crippen LogP contribution in [0.3, 0.4) is 0 Å². The van der Waals surface area contributed by atoms with Crippen LogP contribution in [0.1, 0.15) is 5.56 Å². The van der Waals surface area contributed by atoms with Crippen molar-refractivity contribution in [1.29, 1.82) is 0 Å². The van der Waals surface area contributed by atoms with Crippen molar-refractivity contribution in [3.63, 3.8) is 0 Å². The second-order valence-corrected chi connectivity index (χ2v) is 2.83. The number of rotatable bonds is 2. The van der Waals surface area contributed by atoms with Crippen LogP contribution in [0.15, 0.2) is 18.2 Å². The Hall–Kier alpha value is -0.320. The van der Waals surface area contributed by atoms with Crippen molar-refractivity contribution in [3.8, 4) is 5.75 Å². The Balaban J connectivity index is 3.10. The third-order valence-corrected chi connectivity index (χ3v) is 2.23. The van der Waals surface area contributed by atoms with Gasteiger partial charge in [-0.25, -0.2) is 4.39 Å². The summed E-state index contributed by atoms with van der Waals surface area (Å²) < 4.78 is 18.6. The van der Waals surface area contributed by atoms with E-state index in [0.717, 1.165) is 0 Å². The summed E-state index contributed by atoms with van der Waals surface area (Å²) in [7, 11) is 1.47. The molecule has 0 atom stereocenters. The van der Waals surface area contributed by atoms with Crippen LogP contribution < -0.4 is 4.74 Å². The number of hydrogen-bond acceptors (Lipinski definition) is 1. The van der Waals surface area contributed by atoms with Crippen molar-refractivity contribution in [2.75, 3.05) is 7.11 Å². The minimum atomic E-state index is -0.246. The molecular formula is C8H8FIO. The minimum Gasteiger partial charge on any atom is -0.494 e. The molecule has 0 saturated carbocycles. The predicted octanol–water partition coefficient (Wildman–Crippen LogP) is 2.77. The van der Waals surface area contributed by atoms with Gasteiger partial charge in [0.05, 0.1) is 7.11 Å². The quantitative estimate of drug-likeness (QED) is 0.590. The zero-order valence-corrected chi connectivity index (χ0v) is 8.26. The van der Waals surface area contributed by atoms with Gasteiger partial charge in [0.1, 0.15) is 0 Å². The Kier molecular flexibility index (Phi) is 3.11. The van der Waals surface area contributed by atoms with Gasteiger partial charge in [-0.3, -0.25) is 0 Å². The summed E-state index contributed by atoms with van der Waals surface area (Å²) in [5, 5.41) is 0. The number of halogens is 2. The molecule has 3 heteroatoms. The summed E-state index contributed by atoms with van der Waals surface area (Å²) in [6.07, 6.45) is 0. The number of hydrogen-bond donors (Lipinski definition) is 0. The fourth-order valence-corrected chi connectivity index (χ4v) is 1.41. The molecule has 1 aromatic rings. The van der Waals surface area contributed by atoms with E-state index in [2.05, 4.69) is 22.6 Å². The van der Waals surface area contributed by atoms with Crippen molar-refractivity contribution < 1.29 is 9.13 Å². The Labute approximate surface area is 78.7 Å². The van der Waals surface area contributed by atoms with Crippen molar-refractivity contribution in [2.24, 2.45) is 0 Å². The highest BCUT2D eigenvalue weighted by Gasteiger charge is 2.05. The maximum Gasteiger partial charge on any atom is 0.169 e. The van der Waals surface area contributed by atoms with Crippen molar-refractivity contribution >= 4 is 22.6 Å². The zero-order valence-electron chi connectivity index (χ0n) is 6.10. The first-order chi connectivity index (χ1) is 5.29. The van der Waals surface area contributed by atoms with Crippen LogP contribution in [-0.2, 0) is 4.43 Å². The van der Waals surface area contributed by atoms with E-state index in [1.54, 1.807) is 18.2 Å². The van der Waals surface area contributed by atoms with Crippen molar-refractivity contribution in [3.05, 3.63) is 29.6 Å². The topological polar surface area (TPSA) is 9.23 Å². The van der Waals surface area contributed by atoms with Gasteiger partial charge in [-0.05, 0) is 6.07 Å². The lowest BCUT2D eigenvalue weighted by molar-refractivity contribution is 0.385. The minimum absolute atomic E-state index is 0.246. The third-order valence-electron chi connectivity index (χ3n) is 1.41. The Morgan fingerprint density at radius 1 is 1.55 bits per heavy atom. The monoisotopic (exact) mass is 266 g/mol. The molecule has 0 radical (unpaired) electrons.